The lowest BCUT2D eigenvalue weighted by molar-refractivity contribution is 0.646. The van der Waals surface area contributed by atoms with Crippen LogP contribution in [0.15, 0.2) is 200 Å². The van der Waals surface area contributed by atoms with E-state index < -0.39 is 0 Å². The highest BCUT2D eigenvalue weighted by Crippen LogP contribution is 2.53. The molecule has 0 N–H and O–H groups in total. The van der Waals surface area contributed by atoms with Gasteiger partial charge in [-0.25, -0.2) is 9.97 Å². The van der Waals surface area contributed by atoms with Crippen molar-refractivity contribution in [2.24, 2.45) is 0 Å². The van der Waals surface area contributed by atoms with E-state index in [-0.39, 0.29) is 5.41 Å². The van der Waals surface area contributed by atoms with Crippen molar-refractivity contribution in [3.63, 3.8) is 0 Å². The fourth-order valence-corrected chi connectivity index (χ4v) is 9.17. The predicted octanol–water partition coefficient (Wildman–Crippen LogP) is 14.2. The van der Waals surface area contributed by atoms with Gasteiger partial charge in [-0.3, -0.25) is 0 Å². The number of aromatic nitrogens is 3. The van der Waals surface area contributed by atoms with E-state index in [1.807, 2.05) is 18.2 Å². The van der Waals surface area contributed by atoms with Gasteiger partial charge in [0.05, 0.1) is 22.6 Å². The smallest absolute Gasteiger partial charge is 0.160 e. The maximum Gasteiger partial charge on any atom is 0.160 e. The number of fused-ring (bicyclic) bond motifs is 9. The van der Waals surface area contributed by atoms with Crippen molar-refractivity contribution < 1.29 is 0 Å². The molecule has 0 atom stereocenters. The highest BCUT2D eigenvalue weighted by molar-refractivity contribution is 6.17. The van der Waals surface area contributed by atoms with Gasteiger partial charge in [0.25, 0.3) is 0 Å². The summed E-state index contributed by atoms with van der Waals surface area (Å²) >= 11 is 0. The van der Waals surface area contributed by atoms with Crippen LogP contribution >= 0.6 is 0 Å². The molecule has 0 fully saturated rings. The molecule has 2 aromatic heterocycles. The maximum atomic E-state index is 5.18. The summed E-state index contributed by atoms with van der Waals surface area (Å²) < 4.78 is 2.52. The Morgan fingerprint density at radius 2 is 0.931 bits per heavy atom. The molecular weight excluding hydrogens is 703 g/mol. The van der Waals surface area contributed by atoms with Crippen LogP contribution < -0.4 is 0 Å². The Balaban J connectivity index is 1.11. The molecule has 0 aliphatic heterocycles. The number of hydrogen-bond donors (Lipinski definition) is 0. The van der Waals surface area contributed by atoms with Crippen molar-refractivity contribution >= 4 is 21.7 Å². The normalized spacial score (nSPS) is 12.8. The zero-order chi connectivity index (χ0) is 38.8. The number of nitrogens with zero attached hydrogens (tertiary/aromatic N) is 3. The second-order valence-electron chi connectivity index (χ2n) is 15.8. The molecule has 1 aliphatic rings. The summed E-state index contributed by atoms with van der Waals surface area (Å²) in [6.45, 7) is 4.73. The molecule has 2 heterocycles. The van der Waals surface area contributed by atoms with Gasteiger partial charge in [-0.15, -0.1) is 0 Å². The molecule has 11 rings (SSSR count). The monoisotopic (exact) mass is 741 g/mol. The van der Waals surface area contributed by atoms with Crippen molar-refractivity contribution in [2.45, 2.75) is 19.3 Å². The maximum absolute atomic E-state index is 5.18. The van der Waals surface area contributed by atoms with Crippen LogP contribution in [0, 0.1) is 0 Å². The Hall–Kier alpha value is -7.36. The largest absolute Gasteiger partial charge is 0.308 e. The van der Waals surface area contributed by atoms with Gasteiger partial charge in [0.2, 0.25) is 0 Å². The lowest BCUT2D eigenvalue weighted by atomic mass is 9.75. The molecule has 0 unspecified atom stereocenters. The Labute approximate surface area is 338 Å². The molecule has 0 bridgehead atoms. The van der Waals surface area contributed by atoms with Crippen LogP contribution in [0.25, 0.3) is 94.8 Å². The van der Waals surface area contributed by atoms with Crippen LogP contribution in [-0.2, 0) is 5.41 Å². The molecule has 1 aliphatic carbocycles. The van der Waals surface area contributed by atoms with Crippen molar-refractivity contribution in [3.05, 3.63) is 211 Å². The summed E-state index contributed by atoms with van der Waals surface area (Å²) in [5, 5.41) is 3.71. The third-order valence-electron chi connectivity index (χ3n) is 12.0. The van der Waals surface area contributed by atoms with E-state index in [4.69, 9.17) is 9.97 Å². The molecule has 0 radical (unpaired) electrons. The van der Waals surface area contributed by atoms with Gasteiger partial charge in [-0.05, 0) is 51.4 Å². The summed E-state index contributed by atoms with van der Waals surface area (Å²) in [5.74, 6) is 0.704. The quantitative estimate of drug-likeness (QED) is 0.176. The van der Waals surface area contributed by atoms with E-state index in [2.05, 4.69) is 200 Å². The van der Waals surface area contributed by atoms with Crippen LogP contribution in [0.4, 0.5) is 0 Å². The van der Waals surface area contributed by atoms with Crippen LogP contribution in [0.3, 0.4) is 0 Å². The zero-order valence-electron chi connectivity index (χ0n) is 32.4. The third-order valence-corrected chi connectivity index (χ3v) is 12.0. The van der Waals surface area contributed by atoms with Gasteiger partial charge < -0.3 is 4.57 Å². The summed E-state index contributed by atoms with van der Waals surface area (Å²) in [7, 11) is 0. The zero-order valence-corrected chi connectivity index (χ0v) is 32.4. The van der Waals surface area contributed by atoms with E-state index in [9.17, 15) is 0 Å². The van der Waals surface area contributed by atoms with Gasteiger partial charge in [-0.2, -0.15) is 0 Å². The summed E-state index contributed by atoms with van der Waals surface area (Å²) in [6.07, 6.45) is 0. The molecule has 3 heteroatoms. The van der Waals surface area contributed by atoms with Crippen LogP contribution in [0.2, 0.25) is 0 Å². The van der Waals surface area contributed by atoms with Crippen LogP contribution in [0.1, 0.15) is 25.0 Å². The highest BCUT2D eigenvalue weighted by atomic mass is 15.0. The minimum Gasteiger partial charge on any atom is -0.308 e. The SMILES string of the molecule is CC1(C)c2ccccc2-c2c(n(-c3ccc(-c4cc(-c5ccc(-c6ccccc6)cc5)nc(-c5ccccc5)n4)cc3)c3c2ccc2ccccc23)-c2ccccc21. The second kappa shape index (κ2) is 13.4. The molecule has 0 saturated carbocycles. The average molecular weight is 742 g/mol. The Bertz CT molecular complexity index is 3160. The van der Waals surface area contributed by atoms with Crippen molar-refractivity contribution in [3.8, 4) is 73.1 Å². The van der Waals surface area contributed by atoms with E-state index in [1.165, 1.54) is 66.3 Å². The minimum absolute atomic E-state index is 0.201. The molecular formula is C55H39N3. The van der Waals surface area contributed by atoms with Crippen LogP contribution in [-0.4, -0.2) is 14.5 Å². The summed E-state index contributed by atoms with van der Waals surface area (Å²) in [4.78, 5) is 10.3. The van der Waals surface area contributed by atoms with E-state index in [0.29, 0.717) is 5.82 Å². The first kappa shape index (κ1) is 33.9. The van der Waals surface area contributed by atoms with Crippen molar-refractivity contribution in [2.75, 3.05) is 0 Å². The van der Waals surface area contributed by atoms with Gasteiger partial charge >= 0.3 is 0 Å². The standard InChI is InChI=1S/C55H39N3/c1-55(2)47-23-13-11-21-44(47)51-46-34-31-38-17-9-10-20-43(38)52(46)58(53(51)45-22-12-14-24-48(45)55)42-32-29-40(30-33-42)50-35-49(56-54(57-50)41-18-7-4-8-19-41)39-27-25-37(26-28-39)36-15-5-3-6-16-36/h3-35H,1-2H3. The predicted molar refractivity (Wildman–Crippen MR) is 241 cm³/mol. The second-order valence-corrected chi connectivity index (χ2v) is 15.8. The van der Waals surface area contributed by atoms with E-state index in [1.54, 1.807) is 0 Å². The van der Waals surface area contributed by atoms with Gasteiger partial charge in [-0.1, -0.05) is 196 Å². The molecule has 274 valence electrons. The Kier molecular flexibility index (Phi) is 7.84. The molecule has 58 heavy (non-hydrogen) atoms. The Morgan fingerprint density at radius 3 is 1.62 bits per heavy atom. The lowest BCUT2D eigenvalue weighted by Gasteiger charge is -2.28. The first-order valence-corrected chi connectivity index (χ1v) is 20.0. The van der Waals surface area contributed by atoms with Crippen molar-refractivity contribution in [1.29, 1.82) is 0 Å². The first-order chi connectivity index (χ1) is 28.5. The van der Waals surface area contributed by atoms with Crippen LogP contribution in [0.5, 0.6) is 0 Å². The van der Waals surface area contributed by atoms with Gasteiger partial charge in [0, 0.05) is 49.7 Å². The van der Waals surface area contributed by atoms with Gasteiger partial charge in [0.1, 0.15) is 0 Å². The molecule has 3 nitrogen and oxygen atoms in total. The van der Waals surface area contributed by atoms with E-state index in [0.717, 1.165) is 33.8 Å². The fourth-order valence-electron chi connectivity index (χ4n) is 9.17. The fraction of sp³-hybridized carbons (Fsp3) is 0.0545. The molecule has 10 aromatic rings. The molecule has 0 spiro atoms. The molecule has 0 saturated heterocycles. The average Bonchev–Trinajstić information content (AvgIpc) is 3.61. The van der Waals surface area contributed by atoms with E-state index >= 15 is 0 Å². The Morgan fingerprint density at radius 1 is 0.414 bits per heavy atom. The lowest BCUT2D eigenvalue weighted by Crippen LogP contribution is -2.20. The number of benzene rings is 8. The highest BCUT2D eigenvalue weighted by Gasteiger charge is 2.36. The molecule has 0 amide bonds. The topological polar surface area (TPSA) is 30.7 Å². The minimum atomic E-state index is -0.201. The molecule has 8 aromatic carbocycles. The number of rotatable bonds is 5. The first-order valence-electron chi connectivity index (χ1n) is 20.0. The number of hydrogen-bond acceptors (Lipinski definition) is 2. The van der Waals surface area contributed by atoms with Crippen molar-refractivity contribution in [1.82, 2.24) is 14.5 Å². The third kappa shape index (κ3) is 5.43. The van der Waals surface area contributed by atoms with Gasteiger partial charge in [0.15, 0.2) is 5.82 Å². The summed E-state index contributed by atoms with van der Waals surface area (Å²) in [5.41, 5.74) is 17.0. The summed E-state index contributed by atoms with van der Waals surface area (Å²) in [6, 6.07) is 71.9.